The zero-order valence-corrected chi connectivity index (χ0v) is 21.9. The number of nitriles is 1. The Balaban J connectivity index is 1.87. The molecule has 8 heteroatoms. The van der Waals surface area contributed by atoms with Crippen LogP contribution in [0.25, 0.3) is 0 Å². The summed E-state index contributed by atoms with van der Waals surface area (Å²) in [7, 11) is 4.63. The maximum Gasteiger partial charge on any atom is 0.259 e. The molecule has 1 atom stereocenters. The minimum absolute atomic E-state index is 0.00844. The van der Waals surface area contributed by atoms with E-state index in [9.17, 15) is 10.1 Å². The van der Waals surface area contributed by atoms with Crippen LogP contribution in [0.2, 0.25) is 0 Å². The smallest absolute Gasteiger partial charge is 0.259 e. The topological polar surface area (TPSA) is 109 Å². The van der Waals surface area contributed by atoms with Crippen molar-refractivity contribution in [3.05, 3.63) is 92.2 Å². The zero-order valence-electron chi connectivity index (χ0n) is 21.9. The van der Waals surface area contributed by atoms with Gasteiger partial charge in [-0.2, -0.15) is 5.26 Å². The number of methoxy groups -OCH3 is 3. The first kappa shape index (κ1) is 25.7. The molecular formula is C29H31N3O5. The fourth-order valence-corrected chi connectivity index (χ4v) is 4.70. The standard InChI is InChI=1S/C29H31N3O5/c1-16(2)19-7-9-20(10-8-19)25-21(14-30)28(31)37-22-11-17(3)32(29(33)26(22)25)15-18-12-23(34-4)27(36-6)24(13-18)35-5/h7-13,16,25H,15,31H2,1-6H3. The maximum absolute atomic E-state index is 14.0. The molecule has 3 aromatic rings. The van der Waals surface area contributed by atoms with Crippen LogP contribution < -0.4 is 30.2 Å². The second-order valence-electron chi connectivity index (χ2n) is 9.23. The number of ether oxygens (including phenoxy) is 4. The Labute approximate surface area is 216 Å². The van der Waals surface area contributed by atoms with Crippen molar-refractivity contribution in [3.8, 4) is 29.1 Å². The number of rotatable bonds is 7. The van der Waals surface area contributed by atoms with Crippen LogP contribution in [0.15, 0.2) is 58.7 Å². The zero-order chi connectivity index (χ0) is 26.9. The Kier molecular flexibility index (Phi) is 7.16. The molecule has 0 bridgehead atoms. The number of aromatic nitrogens is 1. The van der Waals surface area contributed by atoms with Crippen molar-refractivity contribution in [2.45, 2.75) is 39.2 Å². The van der Waals surface area contributed by atoms with Gasteiger partial charge in [-0.05, 0) is 41.7 Å². The third-order valence-electron chi connectivity index (χ3n) is 6.69. The van der Waals surface area contributed by atoms with Crippen molar-refractivity contribution in [3.63, 3.8) is 0 Å². The first-order valence-electron chi connectivity index (χ1n) is 11.9. The van der Waals surface area contributed by atoms with Crippen molar-refractivity contribution in [2.24, 2.45) is 5.73 Å². The highest BCUT2D eigenvalue weighted by atomic mass is 16.5. The van der Waals surface area contributed by atoms with Crippen LogP contribution in [0.1, 0.15) is 53.6 Å². The van der Waals surface area contributed by atoms with Crippen LogP contribution in [-0.2, 0) is 6.54 Å². The van der Waals surface area contributed by atoms with Crippen LogP contribution >= 0.6 is 0 Å². The van der Waals surface area contributed by atoms with Gasteiger partial charge in [-0.25, -0.2) is 0 Å². The Morgan fingerprint density at radius 2 is 1.68 bits per heavy atom. The number of benzene rings is 2. The normalized spacial score (nSPS) is 14.6. The predicted molar refractivity (Wildman–Crippen MR) is 140 cm³/mol. The molecule has 4 rings (SSSR count). The van der Waals surface area contributed by atoms with Crippen LogP contribution in [0.4, 0.5) is 0 Å². The van der Waals surface area contributed by atoms with E-state index in [4.69, 9.17) is 24.7 Å². The van der Waals surface area contributed by atoms with Crippen molar-refractivity contribution in [1.29, 1.82) is 5.26 Å². The number of fused-ring (bicyclic) bond motifs is 1. The molecule has 37 heavy (non-hydrogen) atoms. The molecule has 1 aliphatic rings. The number of hydrogen-bond donors (Lipinski definition) is 1. The minimum Gasteiger partial charge on any atom is -0.493 e. The van der Waals surface area contributed by atoms with Crippen molar-refractivity contribution < 1.29 is 18.9 Å². The average molecular weight is 502 g/mol. The van der Waals surface area contributed by atoms with Crippen LogP contribution in [-0.4, -0.2) is 25.9 Å². The summed E-state index contributed by atoms with van der Waals surface area (Å²) in [6, 6.07) is 15.5. The summed E-state index contributed by atoms with van der Waals surface area (Å²) in [5, 5.41) is 9.96. The lowest BCUT2D eigenvalue weighted by atomic mass is 9.83. The van der Waals surface area contributed by atoms with Gasteiger partial charge in [-0.15, -0.1) is 0 Å². The van der Waals surface area contributed by atoms with Gasteiger partial charge < -0.3 is 29.2 Å². The molecule has 2 heterocycles. The first-order chi connectivity index (χ1) is 17.7. The van der Waals surface area contributed by atoms with Crippen molar-refractivity contribution in [2.75, 3.05) is 21.3 Å². The second kappa shape index (κ2) is 10.3. The van der Waals surface area contributed by atoms with E-state index in [0.29, 0.717) is 40.2 Å². The van der Waals surface area contributed by atoms with Gasteiger partial charge in [-0.1, -0.05) is 38.1 Å². The van der Waals surface area contributed by atoms with Gasteiger partial charge in [0.2, 0.25) is 11.6 Å². The largest absolute Gasteiger partial charge is 0.493 e. The molecular weight excluding hydrogens is 470 g/mol. The van der Waals surface area contributed by atoms with E-state index in [0.717, 1.165) is 16.7 Å². The fraction of sp³-hybridized carbons (Fsp3) is 0.310. The maximum atomic E-state index is 14.0. The van der Waals surface area contributed by atoms with Gasteiger partial charge in [0.05, 0.1) is 39.4 Å². The highest BCUT2D eigenvalue weighted by molar-refractivity contribution is 5.56. The molecule has 1 unspecified atom stereocenters. The van der Waals surface area contributed by atoms with Gasteiger partial charge in [0.1, 0.15) is 17.4 Å². The molecule has 0 saturated carbocycles. The first-order valence-corrected chi connectivity index (χ1v) is 11.9. The molecule has 1 aliphatic heterocycles. The van der Waals surface area contributed by atoms with Crippen LogP contribution in [0, 0.1) is 18.3 Å². The fourth-order valence-electron chi connectivity index (χ4n) is 4.70. The van der Waals surface area contributed by atoms with Crippen molar-refractivity contribution in [1.82, 2.24) is 4.57 Å². The van der Waals surface area contributed by atoms with E-state index in [1.807, 2.05) is 43.3 Å². The lowest BCUT2D eigenvalue weighted by molar-refractivity contribution is 0.323. The number of nitrogens with two attached hydrogens (primary N) is 1. The van der Waals surface area contributed by atoms with E-state index >= 15 is 0 Å². The third kappa shape index (κ3) is 4.60. The molecule has 2 aromatic carbocycles. The molecule has 0 spiro atoms. The summed E-state index contributed by atoms with van der Waals surface area (Å²) in [6.45, 7) is 6.30. The molecule has 192 valence electrons. The van der Waals surface area contributed by atoms with E-state index in [2.05, 4.69) is 19.9 Å². The molecule has 8 nitrogen and oxygen atoms in total. The Morgan fingerprint density at radius 3 is 2.19 bits per heavy atom. The quantitative estimate of drug-likeness (QED) is 0.505. The number of pyridine rings is 1. The highest BCUT2D eigenvalue weighted by Crippen LogP contribution is 2.41. The van der Waals surface area contributed by atoms with Gasteiger partial charge in [-0.3, -0.25) is 4.79 Å². The number of aryl methyl sites for hydroxylation is 1. The van der Waals surface area contributed by atoms with Gasteiger partial charge >= 0.3 is 0 Å². The molecule has 0 fully saturated rings. The van der Waals surface area contributed by atoms with E-state index in [1.54, 1.807) is 24.9 Å². The highest BCUT2D eigenvalue weighted by Gasteiger charge is 2.34. The molecule has 0 amide bonds. The SMILES string of the molecule is COc1cc(Cn2c(C)cc3c(c2=O)C(c2ccc(C(C)C)cc2)C(C#N)=C(N)O3)cc(OC)c1OC. The molecule has 2 N–H and O–H groups in total. The average Bonchev–Trinajstić information content (AvgIpc) is 2.89. The van der Waals surface area contributed by atoms with Crippen molar-refractivity contribution >= 4 is 0 Å². The summed E-state index contributed by atoms with van der Waals surface area (Å²) in [4.78, 5) is 14.0. The lowest BCUT2D eigenvalue weighted by Gasteiger charge is -2.27. The third-order valence-corrected chi connectivity index (χ3v) is 6.69. The molecule has 1 aromatic heterocycles. The molecule has 0 aliphatic carbocycles. The summed E-state index contributed by atoms with van der Waals surface area (Å²) < 4.78 is 23.8. The lowest BCUT2D eigenvalue weighted by Crippen LogP contribution is -2.33. The van der Waals surface area contributed by atoms with Crippen LogP contribution in [0.3, 0.4) is 0 Å². The summed E-state index contributed by atoms with van der Waals surface area (Å²) in [6.07, 6.45) is 0. The number of nitrogens with zero attached hydrogens (tertiary/aromatic N) is 2. The van der Waals surface area contributed by atoms with E-state index < -0.39 is 5.92 Å². The Bertz CT molecular complexity index is 1440. The number of hydrogen-bond acceptors (Lipinski definition) is 7. The van der Waals surface area contributed by atoms with Gasteiger partial charge in [0.15, 0.2) is 11.5 Å². The van der Waals surface area contributed by atoms with E-state index in [1.165, 1.54) is 7.11 Å². The van der Waals surface area contributed by atoms with Crippen LogP contribution in [0.5, 0.6) is 23.0 Å². The second-order valence-corrected chi connectivity index (χ2v) is 9.23. The molecule has 0 saturated heterocycles. The summed E-state index contributed by atoms with van der Waals surface area (Å²) in [5.41, 5.74) is 9.90. The Hall–Kier alpha value is -4.38. The number of allylic oxidation sites excluding steroid dienone is 1. The Morgan fingerprint density at radius 1 is 1.05 bits per heavy atom. The van der Waals surface area contributed by atoms with E-state index in [-0.39, 0.29) is 23.6 Å². The summed E-state index contributed by atoms with van der Waals surface area (Å²) in [5.74, 6) is 1.54. The monoisotopic (exact) mass is 501 g/mol. The molecule has 0 radical (unpaired) electrons. The minimum atomic E-state index is -0.644. The predicted octanol–water partition coefficient (Wildman–Crippen LogP) is 4.57. The summed E-state index contributed by atoms with van der Waals surface area (Å²) >= 11 is 0. The van der Waals surface area contributed by atoms with Gasteiger partial charge in [0, 0.05) is 11.8 Å². The van der Waals surface area contributed by atoms with Gasteiger partial charge in [0.25, 0.3) is 5.56 Å².